The summed E-state index contributed by atoms with van der Waals surface area (Å²) in [5.41, 5.74) is 0. The van der Waals surface area contributed by atoms with Gasteiger partial charge in [-0.1, -0.05) is 239 Å². The number of nitrogens with one attached hydrogen (secondary N) is 1. The molecule has 0 saturated carbocycles. The Bertz CT molecular complexity index is 791. The molecule has 6 heteroatoms. The fraction of sp³-hybridized carbons (Fsp3) is 0.959. The van der Waals surface area contributed by atoms with Gasteiger partial charge in [-0.3, -0.25) is 9.59 Å². The third kappa shape index (κ3) is 39.5. The molecule has 3 N–H and O–H groups in total. The van der Waals surface area contributed by atoms with Crippen LogP contribution >= 0.6 is 0 Å². The Morgan fingerprint density at radius 2 is 0.764 bits per heavy atom. The first kappa shape index (κ1) is 53.9. The van der Waals surface area contributed by atoms with E-state index >= 15 is 0 Å². The first-order valence-corrected chi connectivity index (χ1v) is 24.8. The van der Waals surface area contributed by atoms with Gasteiger partial charge >= 0.3 is 5.97 Å². The van der Waals surface area contributed by atoms with E-state index in [0.717, 1.165) is 38.5 Å². The van der Waals surface area contributed by atoms with Crippen molar-refractivity contribution in [3.8, 4) is 0 Å². The van der Waals surface area contributed by atoms with E-state index in [1.807, 2.05) is 0 Å². The summed E-state index contributed by atoms with van der Waals surface area (Å²) >= 11 is 0. The summed E-state index contributed by atoms with van der Waals surface area (Å²) in [6, 6.07) is -0.690. The zero-order valence-electron chi connectivity index (χ0n) is 37.3. The van der Waals surface area contributed by atoms with Crippen LogP contribution in [0.2, 0.25) is 0 Å². The topological polar surface area (TPSA) is 95.9 Å². The number of carbonyl (C=O) groups excluding carboxylic acids is 2. The number of rotatable bonds is 45. The molecule has 0 radical (unpaired) electrons. The number of ether oxygens (including phenoxy) is 1. The third-order valence-corrected chi connectivity index (χ3v) is 11.7. The van der Waals surface area contributed by atoms with Crippen molar-refractivity contribution in [1.29, 1.82) is 0 Å². The van der Waals surface area contributed by atoms with Crippen LogP contribution in [0.15, 0.2) is 0 Å². The van der Waals surface area contributed by atoms with Gasteiger partial charge < -0.3 is 20.3 Å². The highest BCUT2D eigenvalue weighted by molar-refractivity contribution is 5.77. The molecule has 6 nitrogen and oxygen atoms in total. The maximum absolute atomic E-state index is 13.1. The van der Waals surface area contributed by atoms with E-state index < -0.39 is 18.2 Å². The van der Waals surface area contributed by atoms with Gasteiger partial charge in [-0.25, -0.2) is 0 Å². The van der Waals surface area contributed by atoms with Gasteiger partial charge in [-0.15, -0.1) is 0 Å². The number of hydrogen-bond acceptors (Lipinski definition) is 5. The molecule has 0 aromatic carbocycles. The summed E-state index contributed by atoms with van der Waals surface area (Å²) in [6.45, 7) is 6.47. The second-order valence-electron chi connectivity index (χ2n) is 17.2. The van der Waals surface area contributed by atoms with E-state index in [-0.39, 0.29) is 24.9 Å². The van der Waals surface area contributed by atoms with Gasteiger partial charge in [0, 0.05) is 6.42 Å². The molecule has 0 rings (SSSR count). The van der Waals surface area contributed by atoms with Crippen LogP contribution in [0.4, 0.5) is 0 Å². The van der Waals surface area contributed by atoms with Crippen LogP contribution in [0.25, 0.3) is 0 Å². The molecule has 3 atom stereocenters. The lowest BCUT2D eigenvalue weighted by molar-refractivity contribution is -0.151. The standard InChI is InChI=1S/C49H97NO5/c1-4-7-10-13-16-19-20-21-22-23-24-25-26-27-30-33-36-39-42-49(54)55-45(40-37-34-31-28-17-14-11-8-5-2)43-48(53)50-46(44-51)47(52)41-38-35-32-29-18-15-12-9-6-3/h45-47,51-52H,4-44H2,1-3H3,(H,50,53). The number of hydrogen-bond donors (Lipinski definition) is 3. The molecule has 0 saturated heterocycles. The Labute approximate surface area is 343 Å². The van der Waals surface area contributed by atoms with Gasteiger partial charge in [0.2, 0.25) is 5.91 Å². The van der Waals surface area contributed by atoms with Gasteiger partial charge in [0.15, 0.2) is 0 Å². The first-order valence-electron chi connectivity index (χ1n) is 24.8. The quantitative estimate of drug-likeness (QED) is 0.0422. The Balaban J connectivity index is 4.37. The minimum Gasteiger partial charge on any atom is -0.462 e. The SMILES string of the molecule is CCCCCCCCCCCCCCCCCCCCC(=O)OC(CCCCCCCCCCC)CC(=O)NC(CO)C(O)CCCCCCCCCCC. The predicted octanol–water partition coefficient (Wildman–Crippen LogP) is 14.4. The van der Waals surface area contributed by atoms with Crippen molar-refractivity contribution in [2.45, 2.75) is 296 Å². The van der Waals surface area contributed by atoms with Crippen molar-refractivity contribution >= 4 is 11.9 Å². The van der Waals surface area contributed by atoms with Crippen molar-refractivity contribution in [2.24, 2.45) is 0 Å². The minimum absolute atomic E-state index is 0.0864. The van der Waals surface area contributed by atoms with Crippen LogP contribution < -0.4 is 5.32 Å². The highest BCUT2D eigenvalue weighted by Gasteiger charge is 2.24. The van der Waals surface area contributed by atoms with E-state index in [9.17, 15) is 19.8 Å². The zero-order chi connectivity index (χ0) is 40.3. The number of aliphatic hydroxyl groups excluding tert-OH is 2. The maximum Gasteiger partial charge on any atom is 0.306 e. The zero-order valence-corrected chi connectivity index (χ0v) is 37.3. The molecule has 328 valence electrons. The van der Waals surface area contributed by atoms with Crippen molar-refractivity contribution in [3.63, 3.8) is 0 Å². The number of esters is 1. The van der Waals surface area contributed by atoms with Crippen molar-refractivity contribution < 1.29 is 24.5 Å². The molecular formula is C49H97NO5. The molecule has 0 aromatic rings. The van der Waals surface area contributed by atoms with Crippen molar-refractivity contribution in [3.05, 3.63) is 0 Å². The number of carbonyl (C=O) groups is 2. The van der Waals surface area contributed by atoms with Gasteiger partial charge in [0.05, 0.1) is 25.2 Å². The maximum atomic E-state index is 13.1. The van der Waals surface area contributed by atoms with Gasteiger partial charge in [0.25, 0.3) is 0 Å². The van der Waals surface area contributed by atoms with Gasteiger partial charge in [-0.2, -0.15) is 0 Å². The fourth-order valence-electron chi connectivity index (χ4n) is 7.90. The largest absolute Gasteiger partial charge is 0.462 e. The smallest absolute Gasteiger partial charge is 0.306 e. The van der Waals surface area contributed by atoms with E-state index in [4.69, 9.17) is 4.74 Å². The van der Waals surface area contributed by atoms with Crippen LogP contribution in [0.1, 0.15) is 278 Å². The average Bonchev–Trinajstić information content (AvgIpc) is 3.18. The second kappa shape index (κ2) is 44.0. The van der Waals surface area contributed by atoms with E-state index in [2.05, 4.69) is 26.1 Å². The summed E-state index contributed by atoms with van der Waals surface area (Å²) in [5, 5.41) is 23.6. The fourth-order valence-corrected chi connectivity index (χ4v) is 7.90. The van der Waals surface area contributed by atoms with Crippen LogP contribution in [0.5, 0.6) is 0 Å². The molecule has 0 aliphatic rings. The summed E-state index contributed by atoms with van der Waals surface area (Å²) in [7, 11) is 0. The summed E-state index contributed by atoms with van der Waals surface area (Å²) in [4.78, 5) is 26.0. The van der Waals surface area contributed by atoms with E-state index in [0.29, 0.717) is 19.3 Å². The van der Waals surface area contributed by atoms with Crippen LogP contribution in [-0.4, -0.2) is 46.9 Å². The molecule has 0 fully saturated rings. The molecule has 0 aliphatic carbocycles. The van der Waals surface area contributed by atoms with E-state index in [1.165, 1.54) is 193 Å². The normalized spacial score (nSPS) is 13.2. The summed E-state index contributed by atoms with van der Waals surface area (Å²) < 4.78 is 5.91. The molecule has 3 unspecified atom stereocenters. The molecule has 0 aromatic heterocycles. The van der Waals surface area contributed by atoms with Gasteiger partial charge in [0.1, 0.15) is 6.10 Å². The molecule has 0 aliphatic heterocycles. The minimum atomic E-state index is -0.777. The van der Waals surface area contributed by atoms with E-state index in [1.54, 1.807) is 0 Å². The lowest BCUT2D eigenvalue weighted by Gasteiger charge is -2.24. The molecule has 1 amide bonds. The lowest BCUT2D eigenvalue weighted by Crippen LogP contribution is -2.46. The monoisotopic (exact) mass is 780 g/mol. The Kier molecular flexibility index (Phi) is 43.1. The number of unbranched alkanes of at least 4 members (excludes halogenated alkanes) is 33. The molecule has 0 bridgehead atoms. The Morgan fingerprint density at radius 3 is 1.11 bits per heavy atom. The average molecular weight is 780 g/mol. The number of amides is 1. The summed E-state index contributed by atoms with van der Waals surface area (Å²) in [6.07, 6.45) is 46.0. The van der Waals surface area contributed by atoms with Crippen LogP contribution in [-0.2, 0) is 14.3 Å². The third-order valence-electron chi connectivity index (χ3n) is 11.7. The first-order chi connectivity index (χ1) is 27.0. The number of aliphatic hydroxyl groups is 2. The summed E-state index contributed by atoms with van der Waals surface area (Å²) in [5.74, 6) is -0.457. The van der Waals surface area contributed by atoms with Gasteiger partial charge in [-0.05, 0) is 25.7 Å². The highest BCUT2D eigenvalue weighted by Crippen LogP contribution is 2.18. The van der Waals surface area contributed by atoms with Crippen molar-refractivity contribution in [1.82, 2.24) is 5.32 Å². The molecular weight excluding hydrogens is 683 g/mol. The molecule has 55 heavy (non-hydrogen) atoms. The lowest BCUT2D eigenvalue weighted by atomic mass is 10.0. The predicted molar refractivity (Wildman–Crippen MR) is 237 cm³/mol. The van der Waals surface area contributed by atoms with Crippen LogP contribution in [0, 0.1) is 0 Å². The highest BCUT2D eigenvalue weighted by atomic mass is 16.5. The second-order valence-corrected chi connectivity index (χ2v) is 17.2. The van der Waals surface area contributed by atoms with Crippen molar-refractivity contribution in [2.75, 3.05) is 6.61 Å². The Hall–Kier alpha value is -1.14. The molecule has 0 spiro atoms. The van der Waals surface area contributed by atoms with Crippen LogP contribution in [0.3, 0.4) is 0 Å². The molecule has 0 heterocycles. The Morgan fingerprint density at radius 1 is 0.455 bits per heavy atom.